The number of ketones is 1. The minimum atomic E-state index is -0.682. The van der Waals surface area contributed by atoms with E-state index in [9.17, 15) is 14.7 Å². The summed E-state index contributed by atoms with van der Waals surface area (Å²) in [5.41, 5.74) is 3.40. The molecule has 2 aromatic carbocycles. The van der Waals surface area contributed by atoms with E-state index >= 15 is 0 Å². The maximum Gasteiger partial charge on any atom is 0.295 e. The monoisotopic (exact) mass is 413 g/mol. The summed E-state index contributed by atoms with van der Waals surface area (Å²) < 4.78 is 5.09. The second kappa shape index (κ2) is 8.80. The highest BCUT2D eigenvalue weighted by molar-refractivity contribution is 6.46. The fraction of sp³-hybridized carbons (Fsp3) is 0.304. The number of hydrogen-bond donors (Lipinski definition) is 1. The summed E-state index contributed by atoms with van der Waals surface area (Å²) in [6.45, 7) is 4.72. The van der Waals surface area contributed by atoms with Crippen molar-refractivity contribution in [3.05, 3.63) is 75.3 Å². The van der Waals surface area contributed by atoms with Gasteiger partial charge in [0.1, 0.15) is 5.76 Å². The number of nitrogens with zero attached hydrogens (tertiary/aromatic N) is 1. The molecule has 6 heteroatoms. The molecule has 0 radical (unpaired) electrons. The van der Waals surface area contributed by atoms with Crippen LogP contribution in [-0.2, 0) is 14.3 Å². The van der Waals surface area contributed by atoms with Gasteiger partial charge in [-0.15, -0.1) is 0 Å². The molecule has 1 N–H and O–H groups in total. The Morgan fingerprint density at radius 2 is 1.79 bits per heavy atom. The lowest BCUT2D eigenvalue weighted by Crippen LogP contribution is -2.31. The molecule has 1 atom stereocenters. The van der Waals surface area contributed by atoms with Crippen LogP contribution in [0.2, 0.25) is 5.02 Å². The Balaban J connectivity index is 2.13. The molecule has 0 saturated carbocycles. The van der Waals surface area contributed by atoms with E-state index in [0.717, 1.165) is 16.7 Å². The Labute approximate surface area is 175 Å². The maximum absolute atomic E-state index is 12.9. The first kappa shape index (κ1) is 21.1. The average molecular weight is 414 g/mol. The summed E-state index contributed by atoms with van der Waals surface area (Å²) in [5.74, 6) is -1.47. The fourth-order valence-corrected chi connectivity index (χ4v) is 3.65. The fourth-order valence-electron chi connectivity index (χ4n) is 3.53. The predicted molar refractivity (Wildman–Crippen MR) is 113 cm³/mol. The molecule has 29 heavy (non-hydrogen) atoms. The molecule has 1 aliphatic rings. The zero-order valence-electron chi connectivity index (χ0n) is 16.7. The number of aliphatic hydroxyl groups is 1. The third kappa shape index (κ3) is 4.21. The molecule has 3 rings (SSSR count). The number of rotatable bonds is 6. The molecule has 1 saturated heterocycles. The molecular weight excluding hydrogens is 390 g/mol. The van der Waals surface area contributed by atoms with Crippen molar-refractivity contribution in [2.24, 2.45) is 0 Å². The van der Waals surface area contributed by atoms with Gasteiger partial charge in [0.05, 0.1) is 11.6 Å². The van der Waals surface area contributed by atoms with Gasteiger partial charge >= 0.3 is 0 Å². The lowest BCUT2D eigenvalue weighted by molar-refractivity contribution is -0.140. The van der Waals surface area contributed by atoms with Gasteiger partial charge in [-0.1, -0.05) is 35.9 Å². The Hall–Kier alpha value is -2.63. The molecule has 0 aliphatic carbocycles. The lowest BCUT2D eigenvalue weighted by Gasteiger charge is -2.25. The van der Waals surface area contributed by atoms with E-state index < -0.39 is 17.7 Å². The first-order valence-corrected chi connectivity index (χ1v) is 9.83. The number of hydrogen-bond acceptors (Lipinski definition) is 4. The van der Waals surface area contributed by atoms with Gasteiger partial charge in [-0.05, 0) is 55.2 Å². The van der Waals surface area contributed by atoms with Crippen molar-refractivity contribution in [2.75, 3.05) is 20.3 Å². The number of carbonyl (C=O) groups is 2. The molecule has 0 bridgehead atoms. The van der Waals surface area contributed by atoms with Crippen LogP contribution in [0, 0.1) is 13.8 Å². The second-order valence-electron chi connectivity index (χ2n) is 7.19. The van der Waals surface area contributed by atoms with Crippen LogP contribution in [-0.4, -0.2) is 42.0 Å². The number of ether oxygens (including phenoxy) is 1. The Bertz CT molecular complexity index is 965. The number of likely N-dealkylation sites (tertiary alicyclic amines) is 1. The number of amides is 1. The molecule has 5 nitrogen and oxygen atoms in total. The van der Waals surface area contributed by atoms with E-state index in [1.807, 2.05) is 26.0 Å². The first-order chi connectivity index (χ1) is 13.8. The maximum atomic E-state index is 12.9. The number of benzene rings is 2. The lowest BCUT2D eigenvalue weighted by atomic mass is 9.94. The normalized spacial score (nSPS) is 18.5. The summed E-state index contributed by atoms with van der Waals surface area (Å²) in [5, 5.41) is 11.6. The minimum absolute atomic E-state index is 0.0954. The molecule has 1 unspecified atom stereocenters. The molecule has 1 aliphatic heterocycles. The molecule has 1 amide bonds. The van der Waals surface area contributed by atoms with Crippen molar-refractivity contribution in [3.63, 3.8) is 0 Å². The summed E-state index contributed by atoms with van der Waals surface area (Å²) in [7, 11) is 1.59. The second-order valence-corrected chi connectivity index (χ2v) is 7.63. The molecule has 0 aromatic heterocycles. The van der Waals surface area contributed by atoms with E-state index in [2.05, 4.69) is 0 Å². The van der Waals surface area contributed by atoms with Crippen LogP contribution in [0.15, 0.2) is 48.0 Å². The first-order valence-electron chi connectivity index (χ1n) is 9.45. The largest absolute Gasteiger partial charge is 0.507 e. The van der Waals surface area contributed by atoms with Gasteiger partial charge < -0.3 is 14.7 Å². The highest BCUT2D eigenvalue weighted by atomic mass is 35.5. The van der Waals surface area contributed by atoms with Gasteiger partial charge in [0.15, 0.2) is 0 Å². The van der Waals surface area contributed by atoms with Crippen molar-refractivity contribution in [3.8, 4) is 0 Å². The molecule has 152 valence electrons. The standard InChI is InChI=1S/C23H24ClNO4/c1-14-5-6-17(13-15(14)2)21(26)19-20(16-7-9-18(24)10-8-16)25(11-4-12-29-3)23(28)22(19)27/h5-10,13,20,26H,4,11-12H2,1-3H3/b21-19-. The van der Waals surface area contributed by atoms with E-state index in [0.29, 0.717) is 30.2 Å². The van der Waals surface area contributed by atoms with E-state index in [-0.39, 0.29) is 11.3 Å². The van der Waals surface area contributed by atoms with Crippen LogP contribution in [0.4, 0.5) is 0 Å². The minimum Gasteiger partial charge on any atom is -0.507 e. The quantitative estimate of drug-likeness (QED) is 0.329. The van der Waals surface area contributed by atoms with Crippen LogP contribution in [0.25, 0.3) is 5.76 Å². The molecule has 2 aromatic rings. The van der Waals surface area contributed by atoms with E-state index in [1.54, 1.807) is 37.4 Å². The average Bonchev–Trinajstić information content (AvgIpc) is 2.95. The Morgan fingerprint density at radius 3 is 2.41 bits per heavy atom. The summed E-state index contributed by atoms with van der Waals surface area (Å²) in [4.78, 5) is 27.2. The third-order valence-corrected chi connectivity index (χ3v) is 5.51. The summed E-state index contributed by atoms with van der Waals surface area (Å²) in [6, 6.07) is 11.8. The number of aryl methyl sites for hydroxylation is 2. The third-order valence-electron chi connectivity index (χ3n) is 5.25. The summed E-state index contributed by atoms with van der Waals surface area (Å²) >= 11 is 6.02. The highest BCUT2D eigenvalue weighted by Gasteiger charge is 2.45. The van der Waals surface area contributed by atoms with Crippen LogP contribution >= 0.6 is 11.6 Å². The van der Waals surface area contributed by atoms with Crippen LogP contribution in [0.3, 0.4) is 0 Å². The van der Waals surface area contributed by atoms with E-state index in [4.69, 9.17) is 16.3 Å². The van der Waals surface area contributed by atoms with Crippen LogP contribution in [0.1, 0.15) is 34.7 Å². The number of halogens is 1. The van der Waals surface area contributed by atoms with Gasteiger partial charge in [0, 0.05) is 30.8 Å². The number of carbonyl (C=O) groups excluding carboxylic acids is 2. The molecule has 0 spiro atoms. The zero-order chi connectivity index (χ0) is 21.1. The smallest absolute Gasteiger partial charge is 0.295 e. The van der Waals surface area contributed by atoms with Crippen molar-refractivity contribution in [1.82, 2.24) is 4.90 Å². The number of methoxy groups -OCH3 is 1. The number of aliphatic hydroxyl groups excluding tert-OH is 1. The van der Waals surface area contributed by atoms with Crippen molar-refractivity contribution >= 4 is 29.1 Å². The van der Waals surface area contributed by atoms with E-state index in [1.165, 1.54) is 4.90 Å². The van der Waals surface area contributed by atoms with Crippen molar-refractivity contribution in [1.29, 1.82) is 0 Å². The summed E-state index contributed by atoms with van der Waals surface area (Å²) in [6.07, 6.45) is 0.581. The van der Waals surface area contributed by atoms with Gasteiger partial charge in [0.2, 0.25) is 0 Å². The van der Waals surface area contributed by atoms with Gasteiger partial charge in [0.25, 0.3) is 11.7 Å². The SMILES string of the molecule is COCCCN1C(=O)C(=O)/C(=C(\O)c2ccc(C)c(C)c2)C1c1ccc(Cl)cc1. The molecular formula is C23H24ClNO4. The topological polar surface area (TPSA) is 66.8 Å². The van der Waals surface area contributed by atoms with Gasteiger partial charge in [-0.2, -0.15) is 0 Å². The molecule has 1 heterocycles. The van der Waals surface area contributed by atoms with Gasteiger partial charge in [-0.3, -0.25) is 9.59 Å². The zero-order valence-corrected chi connectivity index (χ0v) is 17.5. The molecule has 1 fully saturated rings. The Morgan fingerprint density at radius 1 is 1.10 bits per heavy atom. The Kier molecular flexibility index (Phi) is 6.40. The number of Topliss-reactive ketones (excluding diaryl/α,β-unsaturated/α-hetero) is 1. The van der Waals surface area contributed by atoms with Crippen molar-refractivity contribution in [2.45, 2.75) is 26.3 Å². The van der Waals surface area contributed by atoms with Gasteiger partial charge in [-0.25, -0.2) is 0 Å². The van der Waals surface area contributed by atoms with Crippen molar-refractivity contribution < 1.29 is 19.4 Å². The van der Waals surface area contributed by atoms with Crippen LogP contribution in [0.5, 0.6) is 0 Å². The van der Waals surface area contributed by atoms with Crippen LogP contribution < -0.4 is 0 Å². The predicted octanol–water partition coefficient (Wildman–Crippen LogP) is 4.42. The highest BCUT2D eigenvalue weighted by Crippen LogP contribution is 2.39.